The van der Waals surface area contributed by atoms with E-state index in [0.717, 1.165) is 10.7 Å². The molecule has 0 unspecified atom stereocenters. The molecule has 0 aliphatic carbocycles. The zero-order valence-electron chi connectivity index (χ0n) is 10.2. The van der Waals surface area contributed by atoms with Crippen LogP contribution >= 0.6 is 11.3 Å². The summed E-state index contributed by atoms with van der Waals surface area (Å²) < 4.78 is 5.20. The quantitative estimate of drug-likeness (QED) is 0.896. The predicted octanol–water partition coefficient (Wildman–Crippen LogP) is 1.39. The van der Waals surface area contributed by atoms with Crippen LogP contribution in [0.4, 0.5) is 0 Å². The SMILES string of the molecule is Cc1nc(CNC(=O)C2(C#N)CCOCC2)cs1. The van der Waals surface area contributed by atoms with E-state index in [1.54, 1.807) is 11.3 Å². The molecule has 1 saturated heterocycles. The Bertz CT molecular complexity index is 472. The van der Waals surface area contributed by atoms with Crippen LogP contribution in [-0.4, -0.2) is 24.1 Å². The van der Waals surface area contributed by atoms with Crippen molar-refractivity contribution in [2.45, 2.75) is 26.3 Å². The van der Waals surface area contributed by atoms with Crippen molar-refractivity contribution in [1.29, 1.82) is 5.26 Å². The van der Waals surface area contributed by atoms with Crippen LogP contribution in [0.1, 0.15) is 23.5 Å². The van der Waals surface area contributed by atoms with Gasteiger partial charge >= 0.3 is 0 Å². The monoisotopic (exact) mass is 265 g/mol. The molecule has 5 nitrogen and oxygen atoms in total. The molecule has 0 atom stereocenters. The number of ether oxygens (including phenoxy) is 1. The first-order chi connectivity index (χ1) is 8.66. The molecule has 18 heavy (non-hydrogen) atoms. The second-order valence-corrected chi connectivity index (χ2v) is 5.41. The zero-order chi connectivity index (χ0) is 13.0. The molecule has 0 radical (unpaired) electrons. The van der Waals surface area contributed by atoms with Crippen molar-refractivity contribution in [2.75, 3.05) is 13.2 Å². The number of amides is 1. The summed E-state index contributed by atoms with van der Waals surface area (Å²) in [6.07, 6.45) is 0.927. The number of hydrogen-bond donors (Lipinski definition) is 1. The maximum Gasteiger partial charge on any atom is 0.240 e. The minimum absolute atomic E-state index is 0.209. The molecular weight excluding hydrogens is 250 g/mol. The summed E-state index contributed by atoms with van der Waals surface area (Å²) in [4.78, 5) is 16.4. The summed E-state index contributed by atoms with van der Waals surface area (Å²) in [5, 5.41) is 14.9. The summed E-state index contributed by atoms with van der Waals surface area (Å²) >= 11 is 1.55. The molecule has 1 aliphatic heterocycles. The molecule has 2 rings (SSSR count). The van der Waals surface area contributed by atoms with Crippen LogP contribution < -0.4 is 5.32 Å². The maximum atomic E-state index is 12.1. The highest BCUT2D eigenvalue weighted by molar-refractivity contribution is 7.09. The summed E-state index contributed by atoms with van der Waals surface area (Å²) in [6.45, 7) is 3.24. The van der Waals surface area contributed by atoms with Gasteiger partial charge in [-0.1, -0.05) is 0 Å². The lowest BCUT2D eigenvalue weighted by molar-refractivity contribution is -0.132. The average molecular weight is 265 g/mol. The number of nitriles is 1. The number of rotatable bonds is 3. The minimum Gasteiger partial charge on any atom is -0.381 e. The highest BCUT2D eigenvalue weighted by Crippen LogP contribution is 2.29. The molecule has 0 spiro atoms. The second kappa shape index (κ2) is 5.46. The van der Waals surface area contributed by atoms with Crippen LogP contribution in [0.2, 0.25) is 0 Å². The van der Waals surface area contributed by atoms with Crippen LogP contribution in [-0.2, 0) is 16.1 Å². The first-order valence-electron chi connectivity index (χ1n) is 5.85. The molecule has 1 aromatic heterocycles. The van der Waals surface area contributed by atoms with Crippen molar-refractivity contribution in [2.24, 2.45) is 5.41 Å². The van der Waals surface area contributed by atoms with Crippen molar-refractivity contribution in [3.8, 4) is 6.07 Å². The molecular formula is C12H15N3O2S. The number of nitrogens with one attached hydrogen (secondary N) is 1. The van der Waals surface area contributed by atoms with E-state index in [1.165, 1.54) is 0 Å². The average Bonchev–Trinajstić information content (AvgIpc) is 2.82. The van der Waals surface area contributed by atoms with Crippen molar-refractivity contribution in [3.05, 3.63) is 16.1 Å². The van der Waals surface area contributed by atoms with Gasteiger partial charge in [0.1, 0.15) is 5.41 Å². The number of thiazole rings is 1. The standard InChI is InChI=1S/C12H15N3O2S/c1-9-15-10(7-18-9)6-14-11(16)12(8-13)2-4-17-5-3-12/h7H,2-6H2,1H3,(H,14,16). The van der Waals surface area contributed by atoms with Crippen molar-refractivity contribution < 1.29 is 9.53 Å². The molecule has 96 valence electrons. The molecule has 0 bridgehead atoms. The van der Waals surface area contributed by atoms with Gasteiger partial charge in [0.15, 0.2) is 0 Å². The molecule has 0 saturated carbocycles. The lowest BCUT2D eigenvalue weighted by atomic mass is 9.81. The molecule has 0 aromatic carbocycles. The van der Waals surface area contributed by atoms with E-state index < -0.39 is 5.41 Å². The highest BCUT2D eigenvalue weighted by Gasteiger charge is 2.40. The van der Waals surface area contributed by atoms with Gasteiger partial charge in [-0.15, -0.1) is 11.3 Å². The third-order valence-corrected chi connectivity index (χ3v) is 3.91. The largest absolute Gasteiger partial charge is 0.381 e. The maximum absolute atomic E-state index is 12.1. The Morgan fingerprint density at radius 3 is 2.94 bits per heavy atom. The number of aryl methyl sites for hydroxylation is 1. The van der Waals surface area contributed by atoms with E-state index in [2.05, 4.69) is 16.4 Å². The first-order valence-corrected chi connectivity index (χ1v) is 6.72. The molecule has 6 heteroatoms. The lowest BCUT2D eigenvalue weighted by Crippen LogP contribution is -2.43. The third kappa shape index (κ3) is 2.68. The zero-order valence-corrected chi connectivity index (χ0v) is 11.0. The fraction of sp³-hybridized carbons (Fsp3) is 0.583. The molecule has 1 amide bonds. The van der Waals surface area contributed by atoms with Gasteiger partial charge in [0, 0.05) is 18.6 Å². The normalized spacial score (nSPS) is 18.0. The fourth-order valence-corrected chi connectivity index (χ4v) is 2.55. The Kier molecular flexibility index (Phi) is 3.94. The van der Waals surface area contributed by atoms with Crippen LogP contribution in [0, 0.1) is 23.7 Å². The Morgan fingerprint density at radius 2 is 2.39 bits per heavy atom. The fourth-order valence-electron chi connectivity index (χ4n) is 1.94. The van der Waals surface area contributed by atoms with Crippen molar-refractivity contribution >= 4 is 17.2 Å². The summed E-state index contributed by atoms with van der Waals surface area (Å²) in [7, 11) is 0. The van der Waals surface area contributed by atoms with Crippen molar-refractivity contribution in [3.63, 3.8) is 0 Å². The van der Waals surface area contributed by atoms with Gasteiger partial charge in [-0.3, -0.25) is 4.79 Å². The molecule has 1 N–H and O–H groups in total. The van der Waals surface area contributed by atoms with Gasteiger partial charge in [-0.2, -0.15) is 5.26 Å². The van der Waals surface area contributed by atoms with Gasteiger partial charge in [-0.25, -0.2) is 4.98 Å². The first kappa shape index (κ1) is 13.0. The summed E-state index contributed by atoms with van der Waals surface area (Å²) in [5.74, 6) is -0.209. The predicted molar refractivity (Wildman–Crippen MR) is 66.8 cm³/mol. The second-order valence-electron chi connectivity index (χ2n) is 4.35. The van der Waals surface area contributed by atoms with Gasteiger partial charge in [0.2, 0.25) is 5.91 Å². The lowest BCUT2D eigenvalue weighted by Gasteiger charge is -2.29. The summed E-state index contributed by atoms with van der Waals surface area (Å²) in [5.41, 5.74) is -0.0884. The van der Waals surface area contributed by atoms with Gasteiger partial charge < -0.3 is 10.1 Å². The van der Waals surface area contributed by atoms with Crippen molar-refractivity contribution in [1.82, 2.24) is 10.3 Å². The van der Waals surface area contributed by atoms with E-state index >= 15 is 0 Å². The van der Waals surface area contributed by atoms with Gasteiger partial charge in [-0.05, 0) is 19.8 Å². The molecule has 2 heterocycles. The number of aromatic nitrogens is 1. The number of nitrogens with zero attached hydrogens (tertiary/aromatic N) is 2. The highest BCUT2D eigenvalue weighted by atomic mass is 32.1. The van der Waals surface area contributed by atoms with E-state index in [9.17, 15) is 10.1 Å². The summed E-state index contributed by atoms with van der Waals surface area (Å²) in [6, 6.07) is 2.15. The number of carbonyl (C=O) groups excluding carboxylic acids is 1. The van der Waals surface area contributed by atoms with Crippen LogP contribution in [0.25, 0.3) is 0 Å². The minimum atomic E-state index is -0.927. The van der Waals surface area contributed by atoms with E-state index in [-0.39, 0.29) is 5.91 Å². The van der Waals surface area contributed by atoms with Crippen LogP contribution in [0.5, 0.6) is 0 Å². The Hall–Kier alpha value is -1.45. The third-order valence-electron chi connectivity index (χ3n) is 3.09. The number of carbonyl (C=O) groups is 1. The van der Waals surface area contributed by atoms with E-state index in [1.807, 2.05) is 12.3 Å². The Labute approximate surface area is 110 Å². The van der Waals surface area contributed by atoms with E-state index in [0.29, 0.717) is 32.6 Å². The Morgan fingerprint density at radius 1 is 1.67 bits per heavy atom. The smallest absolute Gasteiger partial charge is 0.240 e. The topological polar surface area (TPSA) is 75.0 Å². The van der Waals surface area contributed by atoms with Gasteiger partial charge in [0.05, 0.1) is 23.3 Å². The van der Waals surface area contributed by atoms with Crippen LogP contribution in [0.3, 0.4) is 0 Å². The Balaban J connectivity index is 1.96. The molecule has 1 aliphatic rings. The number of hydrogen-bond acceptors (Lipinski definition) is 5. The van der Waals surface area contributed by atoms with E-state index in [4.69, 9.17) is 4.74 Å². The molecule has 1 fully saturated rings. The molecule has 1 aromatic rings. The van der Waals surface area contributed by atoms with Gasteiger partial charge in [0.25, 0.3) is 0 Å². The van der Waals surface area contributed by atoms with Crippen LogP contribution in [0.15, 0.2) is 5.38 Å².